The van der Waals surface area contributed by atoms with Crippen LogP contribution in [0.1, 0.15) is 40.0 Å². The Balaban J connectivity index is 3.52. The molecule has 1 atom stereocenters. The van der Waals surface area contributed by atoms with Crippen LogP contribution in [0.5, 0.6) is 0 Å². The minimum Gasteiger partial charge on any atom is -0.396 e. The summed E-state index contributed by atoms with van der Waals surface area (Å²) in [5.74, 6) is 1.01. The van der Waals surface area contributed by atoms with Crippen LogP contribution < -0.4 is 0 Å². The standard InChI is InChI=1S/C10H20OS/c1-8(2)5-4-6-10(7-11)9(3)12/h8,10-11H,4-7H2,1-3H3/t10-/m0/s1. The number of aliphatic hydroxyl groups is 1. The molecule has 0 fully saturated rings. The van der Waals surface area contributed by atoms with Crippen LogP contribution >= 0.6 is 12.2 Å². The molecule has 0 spiro atoms. The summed E-state index contributed by atoms with van der Waals surface area (Å²) in [5.41, 5.74) is 0. The van der Waals surface area contributed by atoms with E-state index in [1.807, 2.05) is 6.92 Å². The molecule has 0 rings (SSSR count). The molecule has 12 heavy (non-hydrogen) atoms. The second-order valence-electron chi connectivity index (χ2n) is 3.81. The Labute approximate surface area is 81.2 Å². The second kappa shape index (κ2) is 6.55. The maximum atomic E-state index is 8.97. The molecule has 0 aromatic rings. The van der Waals surface area contributed by atoms with E-state index in [9.17, 15) is 0 Å². The average molecular weight is 188 g/mol. The summed E-state index contributed by atoms with van der Waals surface area (Å²) in [4.78, 5) is 0.946. The van der Waals surface area contributed by atoms with Crippen LogP contribution in [-0.2, 0) is 0 Å². The molecule has 0 amide bonds. The van der Waals surface area contributed by atoms with E-state index in [0.717, 1.165) is 17.2 Å². The van der Waals surface area contributed by atoms with Crippen molar-refractivity contribution in [2.75, 3.05) is 6.61 Å². The van der Waals surface area contributed by atoms with E-state index in [1.165, 1.54) is 12.8 Å². The SMILES string of the molecule is CC(=S)[C@H](CO)CCCC(C)C. The van der Waals surface area contributed by atoms with E-state index in [2.05, 4.69) is 13.8 Å². The van der Waals surface area contributed by atoms with Crippen LogP contribution in [0.3, 0.4) is 0 Å². The summed E-state index contributed by atoms with van der Waals surface area (Å²) >= 11 is 5.04. The minimum absolute atomic E-state index is 0.216. The largest absolute Gasteiger partial charge is 0.396 e. The van der Waals surface area contributed by atoms with Crippen molar-refractivity contribution in [3.05, 3.63) is 0 Å². The van der Waals surface area contributed by atoms with Crippen molar-refractivity contribution in [2.24, 2.45) is 11.8 Å². The van der Waals surface area contributed by atoms with Gasteiger partial charge >= 0.3 is 0 Å². The molecule has 72 valence electrons. The monoisotopic (exact) mass is 188 g/mol. The summed E-state index contributed by atoms with van der Waals surface area (Å²) in [5, 5.41) is 8.97. The van der Waals surface area contributed by atoms with Crippen molar-refractivity contribution in [2.45, 2.75) is 40.0 Å². The van der Waals surface area contributed by atoms with Crippen molar-refractivity contribution in [1.82, 2.24) is 0 Å². The molecular formula is C10H20OS. The lowest BCUT2D eigenvalue weighted by Gasteiger charge is -2.12. The molecular weight excluding hydrogens is 168 g/mol. The van der Waals surface area contributed by atoms with E-state index in [1.54, 1.807) is 0 Å². The second-order valence-corrected chi connectivity index (χ2v) is 4.46. The summed E-state index contributed by atoms with van der Waals surface area (Å²) < 4.78 is 0. The molecule has 2 heteroatoms. The molecule has 0 aliphatic heterocycles. The van der Waals surface area contributed by atoms with Gasteiger partial charge in [0.25, 0.3) is 0 Å². The van der Waals surface area contributed by atoms with Gasteiger partial charge in [-0.3, -0.25) is 0 Å². The molecule has 0 aromatic heterocycles. The predicted octanol–water partition coefficient (Wildman–Crippen LogP) is 2.81. The summed E-state index contributed by atoms with van der Waals surface area (Å²) in [6, 6.07) is 0. The van der Waals surface area contributed by atoms with Gasteiger partial charge in [0.2, 0.25) is 0 Å². The van der Waals surface area contributed by atoms with E-state index in [-0.39, 0.29) is 12.5 Å². The third kappa shape index (κ3) is 5.67. The third-order valence-electron chi connectivity index (χ3n) is 2.13. The first-order chi connectivity index (χ1) is 5.57. The highest BCUT2D eigenvalue weighted by atomic mass is 32.1. The van der Waals surface area contributed by atoms with Crippen molar-refractivity contribution in [3.8, 4) is 0 Å². The van der Waals surface area contributed by atoms with Crippen molar-refractivity contribution >= 4 is 17.1 Å². The Morgan fingerprint density at radius 2 is 1.92 bits per heavy atom. The van der Waals surface area contributed by atoms with Crippen LogP contribution in [0.4, 0.5) is 0 Å². The van der Waals surface area contributed by atoms with Gasteiger partial charge in [-0.2, -0.15) is 0 Å². The molecule has 1 nitrogen and oxygen atoms in total. The highest BCUT2D eigenvalue weighted by Gasteiger charge is 2.08. The molecule has 0 unspecified atom stereocenters. The Morgan fingerprint density at radius 3 is 2.25 bits per heavy atom. The highest BCUT2D eigenvalue weighted by molar-refractivity contribution is 7.80. The molecule has 1 N–H and O–H groups in total. The average Bonchev–Trinajstić information content (AvgIpc) is 1.96. The van der Waals surface area contributed by atoms with Gasteiger partial charge in [0.05, 0.1) is 6.61 Å². The van der Waals surface area contributed by atoms with Gasteiger partial charge in [0.15, 0.2) is 0 Å². The quantitative estimate of drug-likeness (QED) is 0.647. The molecule has 0 heterocycles. The van der Waals surface area contributed by atoms with Gasteiger partial charge in [-0.1, -0.05) is 38.9 Å². The molecule has 0 aliphatic rings. The van der Waals surface area contributed by atoms with Gasteiger partial charge in [-0.15, -0.1) is 0 Å². The lowest BCUT2D eigenvalue weighted by Crippen LogP contribution is -2.13. The van der Waals surface area contributed by atoms with Crippen molar-refractivity contribution < 1.29 is 5.11 Å². The molecule has 0 saturated heterocycles. The van der Waals surface area contributed by atoms with Crippen LogP contribution in [0, 0.1) is 11.8 Å². The minimum atomic E-state index is 0.216. The van der Waals surface area contributed by atoms with Gasteiger partial charge in [-0.25, -0.2) is 0 Å². The zero-order valence-electron chi connectivity index (χ0n) is 8.34. The number of rotatable bonds is 6. The van der Waals surface area contributed by atoms with Crippen LogP contribution in [-0.4, -0.2) is 16.6 Å². The number of hydrogen-bond donors (Lipinski definition) is 1. The predicted molar refractivity (Wildman–Crippen MR) is 57.5 cm³/mol. The smallest absolute Gasteiger partial charge is 0.0504 e. The summed E-state index contributed by atoms with van der Waals surface area (Å²) in [6.45, 7) is 6.58. The maximum absolute atomic E-state index is 8.97. The van der Waals surface area contributed by atoms with Gasteiger partial charge in [0.1, 0.15) is 0 Å². The van der Waals surface area contributed by atoms with Gasteiger partial charge < -0.3 is 5.11 Å². The van der Waals surface area contributed by atoms with E-state index in [4.69, 9.17) is 17.3 Å². The number of thiocarbonyl (C=S) groups is 1. The third-order valence-corrected chi connectivity index (χ3v) is 2.46. The Bertz CT molecular complexity index is 132. The highest BCUT2D eigenvalue weighted by Crippen LogP contribution is 2.13. The topological polar surface area (TPSA) is 20.2 Å². The molecule has 0 aromatic carbocycles. The van der Waals surface area contributed by atoms with Crippen LogP contribution in [0.25, 0.3) is 0 Å². The van der Waals surface area contributed by atoms with Crippen LogP contribution in [0.15, 0.2) is 0 Å². The van der Waals surface area contributed by atoms with Crippen LogP contribution in [0.2, 0.25) is 0 Å². The summed E-state index contributed by atoms with van der Waals surface area (Å²) in [6.07, 6.45) is 3.46. The fraction of sp³-hybridized carbons (Fsp3) is 0.900. The number of aliphatic hydroxyl groups excluding tert-OH is 1. The lowest BCUT2D eigenvalue weighted by molar-refractivity contribution is 0.252. The molecule has 0 aliphatic carbocycles. The normalized spacial score (nSPS) is 13.4. The Hall–Kier alpha value is 0.0500. The Morgan fingerprint density at radius 1 is 1.33 bits per heavy atom. The van der Waals surface area contributed by atoms with Crippen molar-refractivity contribution in [3.63, 3.8) is 0 Å². The first-order valence-electron chi connectivity index (χ1n) is 4.69. The summed E-state index contributed by atoms with van der Waals surface area (Å²) in [7, 11) is 0. The van der Waals surface area contributed by atoms with Gasteiger partial charge in [-0.05, 0) is 24.1 Å². The van der Waals surface area contributed by atoms with Gasteiger partial charge in [0, 0.05) is 5.92 Å². The molecule has 0 saturated carbocycles. The lowest BCUT2D eigenvalue weighted by atomic mass is 9.97. The maximum Gasteiger partial charge on any atom is 0.0504 e. The first kappa shape index (κ1) is 12.0. The Kier molecular flexibility index (Phi) is 6.58. The van der Waals surface area contributed by atoms with Crippen molar-refractivity contribution in [1.29, 1.82) is 0 Å². The van der Waals surface area contributed by atoms with E-state index in [0.29, 0.717) is 0 Å². The van der Waals surface area contributed by atoms with E-state index >= 15 is 0 Å². The van der Waals surface area contributed by atoms with E-state index < -0.39 is 0 Å². The molecule has 0 bridgehead atoms. The first-order valence-corrected chi connectivity index (χ1v) is 5.10. The fourth-order valence-corrected chi connectivity index (χ4v) is 1.39. The zero-order valence-corrected chi connectivity index (χ0v) is 9.16. The molecule has 0 radical (unpaired) electrons. The fourth-order valence-electron chi connectivity index (χ4n) is 1.20. The number of hydrogen-bond acceptors (Lipinski definition) is 2. The zero-order chi connectivity index (χ0) is 9.56.